The van der Waals surface area contributed by atoms with Crippen molar-refractivity contribution in [1.82, 2.24) is 0 Å². The topological polar surface area (TPSA) is 38.4 Å². The Balaban J connectivity index is 2.17. The highest BCUT2D eigenvalue weighted by atomic mass is 17.2. The second-order valence-electron chi connectivity index (χ2n) is 1.84. The molecule has 1 saturated heterocycles. The van der Waals surface area contributed by atoms with Crippen molar-refractivity contribution >= 4 is 0 Å². The fourth-order valence-electron chi connectivity index (χ4n) is 0.644. The average molecular weight is 117 g/mol. The minimum absolute atomic E-state index is 0.568. The van der Waals surface area contributed by atoms with Gasteiger partial charge in [-0.2, -0.15) is 5.11 Å². The van der Waals surface area contributed by atoms with Gasteiger partial charge in [0.15, 0.2) is 0 Å². The smallest absolute Gasteiger partial charge is 0.224 e. The predicted molar refractivity (Wildman–Crippen MR) is 25.4 cm³/mol. The van der Waals surface area contributed by atoms with E-state index in [9.17, 15) is 5.11 Å². The van der Waals surface area contributed by atoms with Crippen molar-refractivity contribution in [3.63, 3.8) is 0 Å². The largest absolute Gasteiger partial charge is 0.234 e. The third kappa shape index (κ3) is 1.78. The van der Waals surface area contributed by atoms with Gasteiger partial charge in [0.1, 0.15) is 0 Å². The van der Waals surface area contributed by atoms with Crippen molar-refractivity contribution in [2.24, 2.45) is 0 Å². The van der Waals surface area contributed by atoms with Crippen molar-refractivity contribution in [2.45, 2.75) is 25.6 Å². The van der Waals surface area contributed by atoms with E-state index >= 15 is 0 Å². The average Bonchev–Trinajstić information content (AvgIpc) is 1.94. The van der Waals surface area contributed by atoms with Crippen LogP contribution in [0.1, 0.15) is 19.3 Å². The van der Waals surface area contributed by atoms with E-state index in [2.05, 4.69) is 9.78 Å². The molecular formula is C5H9O3. The van der Waals surface area contributed by atoms with E-state index in [0.717, 1.165) is 12.8 Å². The Morgan fingerprint density at radius 2 is 2.25 bits per heavy atom. The van der Waals surface area contributed by atoms with Gasteiger partial charge in [0.05, 0.1) is 6.61 Å². The van der Waals surface area contributed by atoms with Crippen molar-refractivity contribution < 1.29 is 14.9 Å². The molecule has 1 aliphatic heterocycles. The highest BCUT2D eigenvalue weighted by Gasteiger charge is 2.09. The van der Waals surface area contributed by atoms with Crippen LogP contribution in [-0.4, -0.2) is 12.9 Å². The zero-order valence-corrected chi connectivity index (χ0v) is 4.63. The third-order valence-electron chi connectivity index (χ3n) is 1.09. The Labute approximate surface area is 48.1 Å². The minimum atomic E-state index is -0.947. The maximum atomic E-state index is 10.4. The van der Waals surface area contributed by atoms with E-state index in [1.54, 1.807) is 0 Å². The molecule has 1 unspecified atom stereocenters. The summed E-state index contributed by atoms with van der Waals surface area (Å²) in [6.07, 6.45) is 1.50. The summed E-state index contributed by atoms with van der Waals surface area (Å²) in [6, 6.07) is 0. The summed E-state index contributed by atoms with van der Waals surface area (Å²) >= 11 is 0. The number of hydrogen-bond acceptors (Lipinski definition) is 2. The quantitative estimate of drug-likeness (QED) is 0.441. The van der Waals surface area contributed by atoms with Gasteiger partial charge in [-0.15, -0.1) is 0 Å². The second kappa shape index (κ2) is 3.02. The lowest BCUT2D eigenvalue weighted by Crippen LogP contribution is -2.06. The molecule has 0 spiro atoms. The van der Waals surface area contributed by atoms with Crippen molar-refractivity contribution in [2.75, 3.05) is 6.61 Å². The molecule has 3 nitrogen and oxygen atoms in total. The van der Waals surface area contributed by atoms with E-state index in [4.69, 9.17) is 0 Å². The Kier molecular flexibility index (Phi) is 2.27. The normalized spacial score (nSPS) is 31.9. The summed E-state index contributed by atoms with van der Waals surface area (Å²) in [6.45, 7) is 0.568. The molecule has 8 heavy (non-hydrogen) atoms. The van der Waals surface area contributed by atoms with Crippen molar-refractivity contribution in [3.8, 4) is 0 Å². The Hall–Kier alpha value is -0.120. The van der Waals surface area contributed by atoms with Gasteiger partial charge in [-0.05, 0) is 12.8 Å². The molecule has 0 saturated carbocycles. The summed E-state index contributed by atoms with van der Waals surface area (Å²) in [5.41, 5.74) is 0. The first-order valence-electron chi connectivity index (χ1n) is 2.83. The first-order chi connectivity index (χ1) is 3.89. The van der Waals surface area contributed by atoms with Crippen molar-refractivity contribution in [1.29, 1.82) is 0 Å². The van der Waals surface area contributed by atoms with Gasteiger partial charge in [0, 0.05) is 6.42 Å². The van der Waals surface area contributed by atoms with E-state index in [1.165, 1.54) is 0 Å². The van der Waals surface area contributed by atoms with Crippen LogP contribution in [0.3, 0.4) is 0 Å². The molecule has 0 aliphatic carbocycles. The highest BCUT2D eigenvalue weighted by Crippen LogP contribution is 2.08. The summed E-state index contributed by atoms with van der Waals surface area (Å²) < 4.78 is 0. The van der Waals surface area contributed by atoms with Crippen LogP contribution in [0.2, 0.25) is 0 Å². The summed E-state index contributed by atoms with van der Waals surface area (Å²) in [5, 5.41) is 10.4. The van der Waals surface area contributed by atoms with Gasteiger partial charge in [-0.25, -0.2) is 9.78 Å². The summed E-state index contributed by atoms with van der Waals surface area (Å²) in [4.78, 5) is 8.84. The van der Waals surface area contributed by atoms with E-state index < -0.39 is 6.29 Å². The maximum absolute atomic E-state index is 10.4. The van der Waals surface area contributed by atoms with Crippen LogP contribution < -0.4 is 0 Å². The fraction of sp³-hybridized carbons (Fsp3) is 1.00. The molecule has 1 heterocycles. The molecule has 0 aromatic heterocycles. The molecule has 0 N–H and O–H groups in total. The second-order valence-corrected chi connectivity index (χ2v) is 1.84. The molecule has 3 heteroatoms. The van der Waals surface area contributed by atoms with Crippen LogP contribution in [0.25, 0.3) is 0 Å². The van der Waals surface area contributed by atoms with Crippen molar-refractivity contribution in [3.05, 3.63) is 0 Å². The third-order valence-corrected chi connectivity index (χ3v) is 1.09. The van der Waals surface area contributed by atoms with Crippen LogP contribution in [0.5, 0.6) is 0 Å². The monoisotopic (exact) mass is 117 g/mol. The lowest BCUT2D eigenvalue weighted by molar-refractivity contribution is -0.375. The SMILES string of the molecule is [O]C1CCCCOO1. The highest BCUT2D eigenvalue weighted by molar-refractivity contribution is 4.44. The van der Waals surface area contributed by atoms with Gasteiger partial charge in [-0.1, -0.05) is 0 Å². The lowest BCUT2D eigenvalue weighted by atomic mass is 10.2. The minimum Gasteiger partial charge on any atom is -0.234 e. The Morgan fingerprint density at radius 1 is 1.38 bits per heavy atom. The molecule has 1 rings (SSSR count). The molecule has 0 bridgehead atoms. The van der Waals surface area contributed by atoms with E-state index in [1.807, 2.05) is 0 Å². The molecule has 1 aliphatic rings. The van der Waals surface area contributed by atoms with E-state index in [-0.39, 0.29) is 0 Å². The molecular weight excluding hydrogens is 108 g/mol. The van der Waals surface area contributed by atoms with Crippen LogP contribution in [0.4, 0.5) is 0 Å². The van der Waals surface area contributed by atoms with Gasteiger partial charge in [0.2, 0.25) is 6.29 Å². The Bertz CT molecular complexity index is 56.7. The van der Waals surface area contributed by atoms with Gasteiger partial charge in [-0.3, -0.25) is 0 Å². The zero-order chi connectivity index (χ0) is 5.82. The van der Waals surface area contributed by atoms with Gasteiger partial charge >= 0.3 is 0 Å². The van der Waals surface area contributed by atoms with Crippen LogP contribution in [0.15, 0.2) is 0 Å². The molecule has 1 atom stereocenters. The van der Waals surface area contributed by atoms with Crippen LogP contribution in [0, 0.1) is 0 Å². The Morgan fingerprint density at radius 3 is 3.12 bits per heavy atom. The molecule has 1 radical (unpaired) electrons. The van der Waals surface area contributed by atoms with Crippen LogP contribution >= 0.6 is 0 Å². The molecule has 0 aromatic rings. The molecule has 1 fully saturated rings. The maximum Gasteiger partial charge on any atom is 0.224 e. The standard InChI is InChI=1S/C5H9O3/c6-5-3-1-2-4-7-8-5/h5H,1-4H2. The number of rotatable bonds is 0. The fourth-order valence-corrected chi connectivity index (χ4v) is 0.644. The molecule has 47 valence electrons. The van der Waals surface area contributed by atoms with Crippen LogP contribution in [-0.2, 0) is 14.9 Å². The molecule has 0 amide bonds. The first kappa shape index (κ1) is 6.01. The molecule has 0 aromatic carbocycles. The lowest BCUT2D eigenvalue weighted by Gasteiger charge is -1.99. The summed E-state index contributed by atoms with van der Waals surface area (Å²) in [5.74, 6) is 0. The predicted octanol–water partition coefficient (Wildman–Crippen LogP) is 0.875. The van der Waals surface area contributed by atoms with Gasteiger partial charge < -0.3 is 0 Å². The number of hydrogen-bond donors (Lipinski definition) is 0. The zero-order valence-electron chi connectivity index (χ0n) is 4.63. The summed E-state index contributed by atoms with van der Waals surface area (Å²) in [7, 11) is 0. The van der Waals surface area contributed by atoms with Gasteiger partial charge in [0.25, 0.3) is 0 Å². The first-order valence-corrected chi connectivity index (χ1v) is 2.83. The van der Waals surface area contributed by atoms with E-state index in [0.29, 0.717) is 13.0 Å².